The van der Waals surface area contributed by atoms with Crippen molar-refractivity contribution < 1.29 is 0 Å². The van der Waals surface area contributed by atoms with E-state index in [-0.39, 0.29) is 0 Å². The van der Waals surface area contributed by atoms with E-state index < -0.39 is 0 Å². The van der Waals surface area contributed by atoms with Crippen LogP contribution in [0.1, 0.15) is 34.8 Å². The fourth-order valence-electron chi connectivity index (χ4n) is 1.74. The SMILES string of the molecule is CCNCc1cc(C)nc(Cc2nc(C)cs2)n1. The van der Waals surface area contributed by atoms with Crippen LogP contribution in [0.2, 0.25) is 0 Å². The lowest BCUT2D eigenvalue weighted by molar-refractivity contribution is 0.700. The van der Waals surface area contributed by atoms with Gasteiger partial charge in [0.25, 0.3) is 0 Å². The Balaban J connectivity index is 2.14. The molecule has 0 amide bonds. The number of aromatic nitrogens is 3. The number of nitrogens with one attached hydrogen (secondary N) is 1. The third-order valence-corrected chi connectivity index (χ3v) is 3.45. The van der Waals surface area contributed by atoms with Crippen LogP contribution in [0.3, 0.4) is 0 Å². The van der Waals surface area contributed by atoms with E-state index in [1.54, 1.807) is 11.3 Å². The zero-order chi connectivity index (χ0) is 13.0. The van der Waals surface area contributed by atoms with Crippen molar-refractivity contribution in [2.45, 2.75) is 33.7 Å². The lowest BCUT2D eigenvalue weighted by atomic mass is 10.3. The van der Waals surface area contributed by atoms with E-state index in [1.165, 1.54) is 0 Å². The van der Waals surface area contributed by atoms with Gasteiger partial charge in [-0.2, -0.15) is 0 Å². The standard InChI is InChI=1S/C13H18N4S/c1-4-14-7-11-5-9(2)15-12(17-11)6-13-16-10(3)8-18-13/h5,8,14H,4,6-7H2,1-3H3. The van der Waals surface area contributed by atoms with Crippen molar-refractivity contribution in [2.24, 2.45) is 0 Å². The molecule has 18 heavy (non-hydrogen) atoms. The molecular weight excluding hydrogens is 244 g/mol. The highest BCUT2D eigenvalue weighted by molar-refractivity contribution is 7.09. The first-order valence-electron chi connectivity index (χ1n) is 6.12. The summed E-state index contributed by atoms with van der Waals surface area (Å²) < 4.78 is 0. The molecule has 96 valence electrons. The first kappa shape index (κ1) is 13.1. The normalized spacial score (nSPS) is 10.8. The van der Waals surface area contributed by atoms with Crippen molar-refractivity contribution in [3.8, 4) is 0 Å². The van der Waals surface area contributed by atoms with E-state index >= 15 is 0 Å². The fraction of sp³-hybridized carbons (Fsp3) is 0.462. The molecule has 0 radical (unpaired) electrons. The second-order valence-corrected chi connectivity index (χ2v) is 5.20. The Morgan fingerprint density at radius 2 is 2.00 bits per heavy atom. The van der Waals surface area contributed by atoms with Crippen LogP contribution in [0, 0.1) is 13.8 Å². The van der Waals surface area contributed by atoms with Crippen molar-refractivity contribution in [3.63, 3.8) is 0 Å². The van der Waals surface area contributed by atoms with Gasteiger partial charge in [0.05, 0.1) is 12.1 Å². The molecule has 0 aliphatic carbocycles. The quantitative estimate of drug-likeness (QED) is 0.898. The van der Waals surface area contributed by atoms with Gasteiger partial charge < -0.3 is 5.32 Å². The second kappa shape index (κ2) is 6.02. The maximum Gasteiger partial charge on any atom is 0.135 e. The molecule has 0 saturated carbocycles. The van der Waals surface area contributed by atoms with Gasteiger partial charge in [-0.15, -0.1) is 11.3 Å². The maximum absolute atomic E-state index is 4.57. The van der Waals surface area contributed by atoms with Crippen molar-refractivity contribution in [1.29, 1.82) is 0 Å². The van der Waals surface area contributed by atoms with Gasteiger partial charge in [0, 0.05) is 23.3 Å². The van der Waals surface area contributed by atoms with Crippen molar-refractivity contribution >= 4 is 11.3 Å². The van der Waals surface area contributed by atoms with Gasteiger partial charge in [0.15, 0.2) is 0 Å². The van der Waals surface area contributed by atoms with E-state index in [1.807, 2.05) is 19.9 Å². The van der Waals surface area contributed by atoms with E-state index in [9.17, 15) is 0 Å². The molecule has 0 aromatic carbocycles. The average Bonchev–Trinajstić information content (AvgIpc) is 2.71. The molecule has 0 atom stereocenters. The Bertz CT molecular complexity index is 521. The first-order valence-corrected chi connectivity index (χ1v) is 7.00. The topological polar surface area (TPSA) is 50.7 Å². The minimum absolute atomic E-state index is 0.722. The van der Waals surface area contributed by atoms with Crippen LogP contribution in [-0.2, 0) is 13.0 Å². The number of nitrogens with zero attached hydrogens (tertiary/aromatic N) is 3. The van der Waals surface area contributed by atoms with Gasteiger partial charge in [0.2, 0.25) is 0 Å². The van der Waals surface area contributed by atoms with Gasteiger partial charge >= 0.3 is 0 Å². The zero-order valence-corrected chi connectivity index (χ0v) is 11.8. The Morgan fingerprint density at radius 1 is 1.17 bits per heavy atom. The zero-order valence-electron chi connectivity index (χ0n) is 11.0. The highest BCUT2D eigenvalue weighted by Gasteiger charge is 2.06. The Hall–Kier alpha value is -1.33. The number of thiazole rings is 1. The molecular formula is C13H18N4S. The van der Waals surface area contributed by atoms with E-state index in [4.69, 9.17) is 0 Å². The number of aryl methyl sites for hydroxylation is 2. The predicted octanol–water partition coefficient (Wildman–Crippen LogP) is 2.25. The Kier molecular flexibility index (Phi) is 4.38. The van der Waals surface area contributed by atoms with Crippen molar-refractivity contribution in [3.05, 3.63) is 39.4 Å². The molecule has 0 aliphatic heterocycles. The van der Waals surface area contributed by atoms with Crippen LogP contribution in [0.5, 0.6) is 0 Å². The molecule has 0 aliphatic rings. The summed E-state index contributed by atoms with van der Waals surface area (Å²) in [5, 5.41) is 6.42. The van der Waals surface area contributed by atoms with E-state index in [0.717, 1.165) is 47.4 Å². The molecule has 0 bridgehead atoms. The van der Waals surface area contributed by atoms with E-state index in [0.29, 0.717) is 0 Å². The summed E-state index contributed by atoms with van der Waals surface area (Å²) in [6.45, 7) is 7.85. The average molecular weight is 262 g/mol. The molecule has 4 nitrogen and oxygen atoms in total. The van der Waals surface area contributed by atoms with Gasteiger partial charge in [-0.05, 0) is 26.5 Å². The van der Waals surface area contributed by atoms with Crippen LogP contribution in [0.15, 0.2) is 11.4 Å². The van der Waals surface area contributed by atoms with Crippen LogP contribution < -0.4 is 5.32 Å². The molecule has 2 aromatic heterocycles. The molecule has 0 fully saturated rings. The summed E-state index contributed by atoms with van der Waals surface area (Å²) in [5.74, 6) is 0.859. The molecule has 0 unspecified atom stereocenters. The number of rotatable bonds is 5. The summed E-state index contributed by atoms with van der Waals surface area (Å²) in [7, 11) is 0. The summed E-state index contributed by atoms with van der Waals surface area (Å²) in [6, 6.07) is 2.03. The van der Waals surface area contributed by atoms with Gasteiger partial charge in [0.1, 0.15) is 10.8 Å². The molecule has 2 heterocycles. The highest BCUT2D eigenvalue weighted by atomic mass is 32.1. The fourth-order valence-corrected chi connectivity index (χ4v) is 2.51. The molecule has 2 aromatic rings. The summed E-state index contributed by atoms with van der Waals surface area (Å²) in [5.41, 5.74) is 3.13. The third-order valence-electron chi connectivity index (χ3n) is 2.49. The maximum atomic E-state index is 4.57. The molecule has 5 heteroatoms. The molecule has 0 saturated heterocycles. The second-order valence-electron chi connectivity index (χ2n) is 4.26. The largest absolute Gasteiger partial charge is 0.311 e. The Morgan fingerprint density at radius 3 is 2.67 bits per heavy atom. The molecule has 0 spiro atoms. The summed E-state index contributed by atoms with van der Waals surface area (Å²) in [4.78, 5) is 13.5. The lowest BCUT2D eigenvalue weighted by Crippen LogP contribution is -2.14. The van der Waals surface area contributed by atoms with Crippen LogP contribution >= 0.6 is 11.3 Å². The molecule has 1 N–H and O–H groups in total. The van der Waals surface area contributed by atoms with Crippen LogP contribution in [0.4, 0.5) is 0 Å². The van der Waals surface area contributed by atoms with Gasteiger partial charge in [-0.25, -0.2) is 15.0 Å². The van der Waals surface area contributed by atoms with Crippen LogP contribution in [0.25, 0.3) is 0 Å². The third kappa shape index (κ3) is 3.58. The highest BCUT2D eigenvalue weighted by Crippen LogP contribution is 2.12. The number of hydrogen-bond donors (Lipinski definition) is 1. The van der Waals surface area contributed by atoms with Gasteiger partial charge in [-0.1, -0.05) is 6.92 Å². The summed E-state index contributed by atoms with van der Waals surface area (Å²) in [6.07, 6.45) is 0.722. The monoisotopic (exact) mass is 262 g/mol. The minimum Gasteiger partial charge on any atom is -0.311 e. The summed E-state index contributed by atoms with van der Waals surface area (Å²) >= 11 is 1.67. The smallest absolute Gasteiger partial charge is 0.135 e. The minimum atomic E-state index is 0.722. The number of hydrogen-bond acceptors (Lipinski definition) is 5. The predicted molar refractivity (Wildman–Crippen MR) is 73.8 cm³/mol. The Labute approximate surface area is 112 Å². The molecule has 2 rings (SSSR count). The van der Waals surface area contributed by atoms with Crippen LogP contribution in [-0.4, -0.2) is 21.5 Å². The van der Waals surface area contributed by atoms with Gasteiger partial charge in [-0.3, -0.25) is 0 Å². The first-order chi connectivity index (χ1) is 8.67. The lowest BCUT2D eigenvalue weighted by Gasteiger charge is -2.05. The van der Waals surface area contributed by atoms with E-state index in [2.05, 4.69) is 32.6 Å². The van der Waals surface area contributed by atoms with Crippen molar-refractivity contribution in [2.75, 3.05) is 6.54 Å². The van der Waals surface area contributed by atoms with Crippen molar-refractivity contribution in [1.82, 2.24) is 20.3 Å².